The van der Waals surface area contributed by atoms with Gasteiger partial charge in [-0.2, -0.15) is 0 Å². The average Bonchev–Trinajstić information content (AvgIpc) is 2.70. The van der Waals surface area contributed by atoms with Crippen LogP contribution in [-0.2, 0) is 12.8 Å². The molecular weight excluding hydrogens is 276 g/mol. The first-order valence-electron chi connectivity index (χ1n) is 6.79. The largest absolute Gasteiger partial charge is 0.383 e. The van der Waals surface area contributed by atoms with Crippen LogP contribution in [0, 0.1) is 0 Å². The van der Waals surface area contributed by atoms with Gasteiger partial charge in [0, 0.05) is 14.8 Å². The van der Waals surface area contributed by atoms with Crippen molar-refractivity contribution in [2.45, 2.75) is 38.2 Å². The van der Waals surface area contributed by atoms with E-state index in [1.54, 1.807) is 11.3 Å². The summed E-state index contributed by atoms with van der Waals surface area (Å²) < 4.78 is 0. The fourth-order valence-electron chi connectivity index (χ4n) is 2.63. The lowest BCUT2D eigenvalue weighted by atomic mass is 10.1. The van der Waals surface area contributed by atoms with Crippen molar-refractivity contribution in [1.82, 2.24) is 0 Å². The van der Waals surface area contributed by atoms with Crippen molar-refractivity contribution in [1.29, 1.82) is 0 Å². The summed E-state index contributed by atoms with van der Waals surface area (Å²) in [6.07, 6.45) is 5.71. The second-order valence-electron chi connectivity index (χ2n) is 5.11. The summed E-state index contributed by atoms with van der Waals surface area (Å²) in [7, 11) is 0. The number of aryl methyl sites for hydroxylation is 2. The Labute approximate surface area is 122 Å². The maximum atomic E-state index is 10.5. The van der Waals surface area contributed by atoms with Crippen LogP contribution in [0.25, 0.3) is 0 Å². The number of thiophene rings is 1. The molecule has 1 nitrogen and oxygen atoms in total. The monoisotopic (exact) mass is 292 g/mol. The third-order valence-electron chi connectivity index (χ3n) is 3.72. The number of rotatable bonds is 2. The lowest BCUT2D eigenvalue weighted by molar-refractivity contribution is 0.224. The van der Waals surface area contributed by atoms with E-state index in [1.165, 1.54) is 42.5 Å². The van der Waals surface area contributed by atoms with E-state index in [1.807, 2.05) is 24.3 Å². The zero-order chi connectivity index (χ0) is 13.2. The highest BCUT2D eigenvalue weighted by Gasteiger charge is 2.18. The van der Waals surface area contributed by atoms with Crippen LogP contribution in [0.4, 0.5) is 0 Å². The number of halogens is 1. The molecule has 19 heavy (non-hydrogen) atoms. The lowest BCUT2D eigenvalue weighted by Gasteiger charge is -2.08. The van der Waals surface area contributed by atoms with Crippen molar-refractivity contribution in [3.8, 4) is 0 Å². The summed E-state index contributed by atoms with van der Waals surface area (Å²) in [5.41, 5.74) is 2.37. The van der Waals surface area contributed by atoms with Gasteiger partial charge in [-0.15, -0.1) is 11.3 Å². The summed E-state index contributed by atoms with van der Waals surface area (Å²) in [5, 5.41) is 11.2. The first-order valence-corrected chi connectivity index (χ1v) is 7.98. The second-order valence-corrected chi connectivity index (χ2v) is 6.72. The maximum absolute atomic E-state index is 10.5. The first kappa shape index (κ1) is 13.2. The Morgan fingerprint density at radius 1 is 1.05 bits per heavy atom. The van der Waals surface area contributed by atoms with Crippen LogP contribution in [0.5, 0.6) is 0 Å². The van der Waals surface area contributed by atoms with Gasteiger partial charge in [0.05, 0.1) is 0 Å². The highest BCUT2D eigenvalue weighted by Crippen LogP contribution is 2.34. The van der Waals surface area contributed by atoms with E-state index in [-0.39, 0.29) is 0 Å². The molecule has 0 saturated carbocycles. The standard InChI is InChI=1S/C16H17ClOS/c17-13-8-6-11(7-9-13)16(18)15-10-12-4-2-1-3-5-14(12)19-15/h6-10,16,18H,1-5H2. The van der Waals surface area contributed by atoms with E-state index in [0.717, 1.165) is 10.4 Å². The minimum Gasteiger partial charge on any atom is -0.383 e. The molecule has 1 aliphatic rings. The van der Waals surface area contributed by atoms with Crippen molar-refractivity contribution in [2.24, 2.45) is 0 Å². The predicted molar refractivity (Wildman–Crippen MR) is 81.1 cm³/mol. The Kier molecular flexibility index (Phi) is 3.92. The van der Waals surface area contributed by atoms with Crippen LogP contribution in [0.1, 0.15) is 46.2 Å². The van der Waals surface area contributed by atoms with E-state index < -0.39 is 6.10 Å². The maximum Gasteiger partial charge on any atom is 0.113 e. The summed E-state index contributed by atoms with van der Waals surface area (Å²) in [4.78, 5) is 2.54. The molecule has 100 valence electrons. The molecule has 1 unspecified atom stereocenters. The lowest BCUT2D eigenvalue weighted by Crippen LogP contribution is -1.96. The van der Waals surface area contributed by atoms with Gasteiger partial charge in [-0.05, 0) is 55.0 Å². The van der Waals surface area contributed by atoms with Crippen molar-refractivity contribution < 1.29 is 5.11 Å². The topological polar surface area (TPSA) is 20.2 Å². The zero-order valence-electron chi connectivity index (χ0n) is 10.7. The minimum atomic E-state index is -0.519. The fourth-order valence-corrected chi connectivity index (χ4v) is 4.03. The molecule has 0 saturated heterocycles. The number of benzene rings is 1. The second kappa shape index (κ2) is 5.66. The Hall–Kier alpha value is -0.830. The molecule has 1 aromatic carbocycles. The molecule has 3 rings (SSSR count). The third kappa shape index (κ3) is 2.86. The van der Waals surface area contributed by atoms with Crippen LogP contribution in [0.3, 0.4) is 0 Å². The molecule has 0 amide bonds. The highest BCUT2D eigenvalue weighted by molar-refractivity contribution is 7.12. The molecule has 1 aliphatic carbocycles. The van der Waals surface area contributed by atoms with Gasteiger partial charge in [-0.1, -0.05) is 30.2 Å². The molecule has 0 radical (unpaired) electrons. The quantitative estimate of drug-likeness (QED) is 0.792. The van der Waals surface area contributed by atoms with Crippen molar-refractivity contribution in [3.63, 3.8) is 0 Å². The van der Waals surface area contributed by atoms with Crippen LogP contribution in [0.2, 0.25) is 5.02 Å². The Morgan fingerprint density at radius 2 is 1.79 bits per heavy atom. The highest BCUT2D eigenvalue weighted by atomic mass is 35.5. The van der Waals surface area contributed by atoms with E-state index >= 15 is 0 Å². The molecule has 1 N–H and O–H groups in total. The molecule has 1 aromatic heterocycles. The van der Waals surface area contributed by atoms with E-state index in [2.05, 4.69) is 6.07 Å². The van der Waals surface area contributed by atoms with Crippen LogP contribution < -0.4 is 0 Å². The summed E-state index contributed by atoms with van der Waals surface area (Å²) in [6, 6.07) is 9.66. The number of aliphatic hydroxyl groups excluding tert-OH is 1. The van der Waals surface area contributed by atoms with Crippen molar-refractivity contribution in [3.05, 3.63) is 56.2 Å². The fraction of sp³-hybridized carbons (Fsp3) is 0.375. The van der Waals surface area contributed by atoms with Crippen molar-refractivity contribution >= 4 is 22.9 Å². The van der Waals surface area contributed by atoms with Gasteiger partial charge in [0.25, 0.3) is 0 Å². The van der Waals surface area contributed by atoms with Crippen LogP contribution >= 0.6 is 22.9 Å². The molecule has 2 aromatic rings. The normalized spacial score (nSPS) is 16.7. The first-order chi connectivity index (χ1) is 9.24. The number of hydrogen-bond acceptors (Lipinski definition) is 2. The average molecular weight is 293 g/mol. The van der Waals surface area contributed by atoms with Gasteiger partial charge in [0.15, 0.2) is 0 Å². The van der Waals surface area contributed by atoms with Gasteiger partial charge >= 0.3 is 0 Å². The molecule has 3 heteroatoms. The van der Waals surface area contributed by atoms with Gasteiger partial charge in [0.2, 0.25) is 0 Å². The SMILES string of the molecule is OC(c1ccc(Cl)cc1)c1cc2c(s1)CCCCC2. The molecular formula is C16H17ClOS. The van der Waals surface area contributed by atoms with Gasteiger partial charge in [0.1, 0.15) is 6.10 Å². The molecule has 0 spiro atoms. The third-order valence-corrected chi connectivity index (χ3v) is 5.26. The van der Waals surface area contributed by atoms with E-state index in [9.17, 15) is 5.11 Å². The van der Waals surface area contributed by atoms with E-state index in [0.29, 0.717) is 5.02 Å². The molecule has 0 fully saturated rings. The number of aliphatic hydroxyl groups is 1. The molecule has 0 aliphatic heterocycles. The summed E-state index contributed by atoms with van der Waals surface area (Å²) >= 11 is 7.66. The summed E-state index contributed by atoms with van der Waals surface area (Å²) in [6.45, 7) is 0. The smallest absolute Gasteiger partial charge is 0.113 e. The van der Waals surface area contributed by atoms with Gasteiger partial charge < -0.3 is 5.11 Å². The zero-order valence-corrected chi connectivity index (χ0v) is 12.3. The predicted octanol–water partition coefficient (Wildman–Crippen LogP) is 4.75. The Bertz CT molecular complexity index is 535. The number of hydrogen-bond donors (Lipinski definition) is 1. The number of fused-ring (bicyclic) bond motifs is 1. The van der Waals surface area contributed by atoms with Gasteiger partial charge in [-0.3, -0.25) is 0 Å². The Balaban J connectivity index is 1.87. The van der Waals surface area contributed by atoms with Gasteiger partial charge in [-0.25, -0.2) is 0 Å². The van der Waals surface area contributed by atoms with Crippen molar-refractivity contribution in [2.75, 3.05) is 0 Å². The molecule has 1 heterocycles. The van der Waals surface area contributed by atoms with Crippen LogP contribution in [0.15, 0.2) is 30.3 Å². The Morgan fingerprint density at radius 3 is 2.58 bits per heavy atom. The molecule has 1 atom stereocenters. The molecule has 0 bridgehead atoms. The van der Waals surface area contributed by atoms with E-state index in [4.69, 9.17) is 11.6 Å². The minimum absolute atomic E-state index is 0.519. The van der Waals surface area contributed by atoms with Crippen LogP contribution in [-0.4, -0.2) is 5.11 Å². The summed E-state index contributed by atoms with van der Waals surface area (Å²) in [5.74, 6) is 0.